The normalized spacial score (nSPS) is 15.2. The average molecular weight is 463 g/mol. The van der Waals surface area contributed by atoms with E-state index in [1.807, 2.05) is 18.2 Å². The van der Waals surface area contributed by atoms with Gasteiger partial charge in [0.15, 0.2) is 6.61 Å². The molecule has 1 fully saturated rings. The number of amides is 2. The van der Waals surface area contributed by atoms with Gasteiger partial charge in [-0.1, -0.05) is 66.7 Å². The molecule has 0 aliphatic heterocycles. The molecule has 0 radical (unpaired) electrons. The summed E-state index contributed by atoms with van der Waals surface area (Å²) in [5.41, 5.74) is 0.719. The highest BCUT2D eigenvalue weighted by molar-refractivity contribution is 6.35. The highest BCUT2D eigenvalue weighted by Gasteiger charge is 2.29. The minimum absolute atomic E-state index is 0.162. The molecule has 2 aromatic carbocycles. The summed E-state index contributed by atoms with van der Waals surface area (Å²) in [4.78, 5) is 27.6. The molecule has 7 heteroatoms. The van der Waals surface area contributed by atoms with Gasteiger partial charge in [0, 0.05) is 22.6 Å². The van der Waals surface area contributed by atoms with Gasteiger partial charge in [-0.05, 0) is 49.6 Å². The molecular weight excluding hydrogens is 435 g/mol. The van der Waals surface area contributed by atoms with Crippen molar-refractivity contribution in [3.63, 3.8) is 0 Å². The van der Waals surface area contributed by atoms with Crippen molar-refractivity contribution < 1.29 is 14.3 Å². The van der Waals surface area contributed by atoms with Crippen molar-refractivity contribution in [2.75, 3.05) is 6.61 Å². The minimum Gasteiger partial charge on any atom is -0.484 e. The van der Waals surface area contributed by atoms with E-state index in [1.54, 1.807) is 37.3 Å². The van der Waals surface area contributed by atoms with Crippen LogP contribution >= 0.6 is 23.2 Å². The third-order valence-corrected chi connectivity index (χ3v) is 6.17. The molecule has 0 aromatic heterocycles. The van der Waals surface area contributed by atoms with Crippen molar-refractivity contribution in [2.45, 2.75) is 57.7 Å². The Morgan fingerprint density at radius 2 is 1.81 bits per heavy atom. The first-order chi connectivity index (χ1) is 14.9. The lowest BCUT2D eigenvalue weighted by atomic mass is 9.95. The number of para-hydroxylation sites is 1. The molecular formula is C24H28Cl2N2O3. The van der Waals surface area contributed by atoms with Gasteiger partial charge in [0.2, 0.25) is 5.91 Å². The van der Waals surface area contributed by atoms with Crippen molar-refractivity contribution in [1.29, 1.82) is 0 Å². The molecule has 2 amide bonds. The summed E-state index contributed by atoms with van der Waals surface area (Å²) in [6.07, 6.45) is 5.40. The van der Waals surface area contributed by atoms with Gasteiger partial charge in [0.1, 0.15) is 11.8 Å². The molecule has 5 nitrogen and oxygen atoms in total. The average Bonchev–Trinajstić information content (AvgIpc) is 2.78. The second-order valence-electron chi connectivity index (χ2n) is 7.88. The second kappa shape index (κ2) is 11.4. The Hall–Kier alpha value is -2.24. The first kappa shape index (κ1) is 23.4. The Morgan fingerprint density at radius 3 is 2.48 bits per heavy atom. The van der Waals surface area contributed by atoms with Crippen LogP contribution in [0.2, 0.25) is 10.0 Å². The predicted octanol–water partition coefficient (Wildman–Crippen LogP) is 5.24. The van der Waals surface area contributed by atoms with E-state index in [0.29, 0.717) is 15.8 Å². The van der Waals surface area contributed by atoms with Crippen LogP contribution in [0.3, 0.4) is 0 Å². The van der Waals surface area contributed by atoms with Crippen LogP contribution in [0.25, 0.3) is 0 Å². The predicted molar refractivity (Wildman–Crippen MR) is 123 cm³/mol. The SMILES string of the molecule is CC(C(=O)NC1CCCCC1)N(Cc1ccc(Cl)cc1Cl)C(=O)COc1ccccc1. The van der Waals surface area contributed by atoms with Crippen LogP contribution in [0.15, 0.2) is 48.5 Å². The zero-order valence-corrected chi connectivity index (χ0v) is 19.2. The number of nitrogens with zero attached hydrogens (tertiary/aromatic N) is 1. The number of carbonyl (C=O) groups is 2. The summed E-state index contributed by atoms with van der Waals surface area (Å²) < 4.78 is 5.64. The molecule has 0 saturated heterocycles. The van der Waals surface area contributed by atoms with Gasteiger partial charge in [-0.2, -0.15) is 0 Å². The Morgan fingerprint density at radius 1 is 1.10 bits per heavy atom. The molecule has 0 spiro atoms. The van der Waals surface area contributed by atoms with Crippen LogP contribution < -0.4 is 10.1 Å². The van der Waals surface area contributed by atoms with Gasteiger partial charge >= 0.3 is 0 Å². The van der Waals surface area contributed by atoms with Gasteiger partial charge in [-0.25, -0.2) is 0 Å². The number of ether oxygens (including phenoxy) is 1. The quantitative estimate of drug-likeness (QED) is 0.583. The monoisotopic (exact) mass is 462 g/mol. The van der Waals surface area contributed by atoms with Gasteiger partial charge in [-0.15, -0.1) is 0 Å². The molecule has 1 N–H and O–H groups in total. The highest BCUT2D eigenvalue weighted by atomic mass is 35.5. The van der Waals surface area contributed by atoms with E-state index < -0.39 is 6.04 Å². The third kappa shape index (κ3) is 6.88. The molecule has 1 atom stereocenters. The van der Waals surface area contributed by atoms with Crippen LogP contribution in [-0.4, -0.2) is 35.4 Å². The Kier molecular flexibility index (Phi) is 8.61. The van der Waals surface area contributed by atoms with Gasteiger partial charge in [-0.3, -0.25) is 9.59 Å². The van der Waals surface area contributed by atoms with Crippen molar-refractivity contribution in [1.82, 2.24) is 10.2 Å². The third-order valence-electron chi connectivity index (χ3n) is 5.58. The van der Waals surface area contributed by atoms with Crippen LogP contribution in [0.5, 0.6) is 5.75 Å². The largest absolute Gasteiger partial charge is 0.484 e. The van der Waals surface area contributed by atoms with Gasteiger partial charge in [0.05, 0.1) is 0 Å². The number of nitrogens with one attached hydrogen (secondary N) is 1. The molecule has 1 unspecified atom stereocenters. The molecule has 0 bridgehead atoms. The number of halogens is 2. The van der Waals surface area contributed by atoms with E-state index in [1.165, 1.54) is 11.3 Å². The number of rotatable bonds is 8. The van der Waals surface area contributed by atoms with Crippen molar-refractivity contribution in [3.8, 4) is 5.75 Å². The zero-order valence-electron chi connectivity index (χ0n) is 17.7. The van der Waals surface area contributed by atoms with Crippen molar-refractivity contribution in [2.24, 2.45) is 0 Å². The first-order valence-electron chi connectivity index (χ1n) is 10.7. The van der Waals surface area contributed by atoms with Gasteiger partial charge in [0.25, 0.3) is 5.91 Å². The van der Waals surface area contributed by atoms with Crippen LogP contribution in [0.1, 0.15) is 44.6 Å². The molecule has 3 rings (SSSR count). The van der Waals surface area contributed by atoms with Gasteiger partial charge < -0.3 is 15.0 Å². The van der Waals surface area contributed by atoms with E-state index in [9.17, 15) is 9.59 Å². The number of hydrogen-bond acceptors (Lipinski definition) is 3. The number of hydrogen-bond donors (Lipinski definition) is 1. The summed E-state index contributed by atoms with van der Waals surface area (Å²) in [6.45, 7) is 1.75. The molecule has 166 valence electrons. The van der Waals surface area contributed by atoms with E-state index in [4.69, 9.17) is 27.9 Å². The fourth-order valence-corrected chi connectivity index (χ4v) is 4.20. The van der Waals surface area contributed by atoms with Crippen LogP contribution in [-0.2, 0) is 16.1 Å². The summed E-state index contributed by atoms with van der Waals surface area (Å²) in [7, 11) is 0. The molecule has 1 aliphatic rings. The molecule has 2 aromatic rings. The van der Waals surface area contributed by atoms with Crippen molar-refractivity contribution >= 4 is 35.0 Å². The standard InChI is InChI=1S/C24H28Cl2N2O3/c1-17(24(30)27-20-8-4-2-5-9-20)28(15-18-12-13-19(25)14-22(18)26)23(29)16-31-21-10-6-3-7-11-21/h3,6-7,10-14,17,20H,2,4-5,8-9,15-16H2,1H3,(H,27,30). The molecule has 1 aliphatic carbocycles. The smallest absolute Gasteiger partial charge is 0.261 e. The lowest BCUT2D eigenvalue weighted by Gasteiger charge is -2.31. The maximum absolute atomic E-state index is 13.1. The lowest BCUT2D eigenvalue weighted by Crippen LogP contribution is -2.51. The topological polar surface area (TPSA) is 58.6 Å². The van der Waals surface area contributed by atoms with E-state index >= 15 is 0 Å². The summed E-state index contributed by atoms with van der Waals surface area (Å²) in [5.74, 6) is 0.144. The maximum atomic E-state index is 13.1. The summed E-state index contributed by atoms with van der Waals surface area (Å²) >= 11 is 12.3. The Bertz CT molecular complexity index is 886. The number of carbonyl (C=O) groups excluding carboxylic acids is 2. The Labute approximate surface area is 193 Å². The Balaban J connectivity index is 1.73. The molecule has 31 heavy (non-hydrogen) atoms. The van der Waals surface area contributed by atoms with Crippen LogP contribution in [0, 0.1) is 0 Å². The minimum atomic E-state index is -0.666. The van der Waals surface area contributed by atoms with E-state index in [-0.39, 0.29) is 31.0 Å². The fraction of sp³-hybridized carbons (Fsp3) is 0.417. The summed E-state index contributed by atoms with van der Waals surface area (Å²) in [6, 6.07) is 13.8. The molecule has 1 saturated carbocycles. The summed E-state index contributed by atoms with van der Waals surface area (Å²) in [5, 5.41) is 4.08. The van der Waals surface area contributed by atoms with Crippen LogP contribution in [0.4, 0.5) is 0 Å². The first-order valence-corrected chi connectivity index (χ1v) is 11.4. The van der Waals surface area contributed by atoms with E-state index in [2.05, 4.69) is 5.32 Å². The second-order valence-corrected chi connectivity index (χ2v) is 8.72. The molecule has 0 heterocycles. The highest BCUT2D eigenvalue weighted by Crippen LogP contribution is 2.24. The van der Waals surface area contributed by atoms with Crippen molar-refractivity contribution in [3.05, 3.63) is 64.1 Å². The number of benzene rings is 2. The lowest BCUT2D eigenvalue weighted by molar-refractivity contribution is -0.142. The van der Waals surface area contributed by atoms with E-state index in [0.717, 1.165) is 31.2 Å². The zero-order chi connectivity index (χ0) is 22.2. The fourth-order valence-electron chi connectivity index (χ4n) is 3.73. The maximum Gasteiger partial charge on any atom is 0.261 e.